The lowest BCUT2D eigenvalue weighted by molar-refractivity contribution is 1.01. The Kier molecular flexibility index (Phi) is 2.64. The smallest absolute Gasteiger partial charge is 0.220 e. The van der Waals surface area contributed by atoms with Crippen LogP contribution in [0.2, 0.25) is 0 Å². The maximum Gasteiger partial charge on any atom is 0.220 e. The van der Waals surface area contributed by atoms with Crippen LogP contribution in [0.25, 0.3) is 0 Å². The molecule has 0 aliphatic heterocycles. The van der Waals surface area contributed by atoms with Crippen LogP contribution in [0.4, 0.5) is 5.95 Å². The van der Waals surface area contributed by atoms with E-state index in [4.69, 9.17) is 5.73 Å². The molecule has 1 atom stereocenters. The average Bonchev–Trinajstić information content (AvgIpc) is 1.85. The van der Waals surface area contributed by atoms with Crippen molar-refractivity contribution in [3.63, 3.8) is 0 Å². The van der Waals surface area contributed by atoms with Crippen LogP contribution in [0, 0.1) is 6.92 Å². The molecule has 0 aliphatic carbocycles. The molecule has 0 aromatic carbocycles. The number of nitrogens with two attached hydrogens (primary N) is 1. The topological polar surface area (TPSA) is 51.8 Å². The molecule has 2 N–H and O–H groups in total. The van der Waals surface area contributed by atoms with E-state index in [9.17, 15) is 0 Å². The number of nitrogen functional groups attached to an aromatic ring is 1. The lowest BCUT2D eigenvalue weighted by Gasteiger charge is -2.05. The van der Waals surface area contributed by atoms with E-state index in [2.05, 4.69) is 39.5 Å². The van der Waals surface area contributed by atoms with Gasteiger partial charge in [-0.2, -0.15) is 0 Å². The van der Waals surface area contributed by atoms with Gasteiger partial charge in [0.1, 0.15) is 0 Å². The van der Waals surface area contributed by atoms with E-state index in [-0.39, 0.29) is 0 Å². The second-order valence-electron chi connectivity index (χ2n) is 2.38. The van der Waals surface area contributed by atoms with E-state index >= 15 is 0 Å². The zero-order chi connectivity index (χ0) is 8.43. The minimum Gasteiger partial charge on any atom is -0.368 e. The molecule has 11 heavy (non-hydrogen) atoms. The van der Waals surface area contributed by atoms with E-state index in [1.54, 1.807) is 6.20 Å². The summed E-state index contributed by atoms with van der Waals surface area (Å²) < 4.78 is 0.438. The second-order valence-corrected chi connectivity index (χ2v) is 4.25. The van der Waals surface area contributed by atoms with Crippen molar-refractivity contribution in [1.82, 2.24) is 9.97 Å². The van der Waals surface area contributed by atoms with Gasteiger partial charge in [0.05, 0.1) is 0 Å². The highest BCUT2D eigenvalue weighted by Crippen LogP contribution is 2.23. The maximum absolute atomic E-state index is 5.40. The largest absolute Gasteiger partial charge is 0.368 e. The molecule has 0 spiro atoms. The molecule has 0 radical (unpaired) electrons. The first-order valence-corrected chi connectivity index (χ1v) is 4.59. The van der Waals surface area contributed by atoms with Gasteiger partial charge in [-0.05, 0) is 13.8 Å². The molecular formula is C7H10IN3. The van der Waals surface area contributed by atoms with Crippen LogP contribution in [0.5, 0.6) is 0 Å². The molecule has 1 rings (SSSR count). The third kappa shape index (κ3) is 2.02. The standard InChI is InChI=1S/C7H10IN3/c1-4(8)6-3-10-7(9)11-5(6)2/h3-4H,1-2H3,(H2,9,10,11). The first kappa shape index (κ1) is 8.70. The number of nitrogens with zero attached hydrogens (tertiary/aromatic N) is 2. The number of hydrogen-bond donors (Lipinski definition) is 1. The Morgan fingerprint density at radius 1 is 1.64 bits per heavy atom. The van der Waals surface area contributed by atoms with Crippen molar-refractivity contribution in [3.05, 3.63) is 17.5 Å². The van der Waals surface area contributed by atoms with Crippen LogP contribution in [0.15, 0.2) is 6.20 Å². The Labute approximate surface area is 79.6 Å². The lowest BCUT2D eigenvalue weighted by Crippen LogP contribution is -2.00. The van der Waals surface area contributed by atoms with E-state index in [1.807, 2.05) is 6.92 Å². The quantitative estimate of drug-likeness (QED) is 0.621. The number of anilines is 1. The summed E-state index contributed by atoms with van der Waals surface area (Å²) in [6, 6.07) is 0. The maximum atomic E-state index is 5.40. The summed E-state index contributed by atoms with van der Waals surface area (Å²) >= 11 is 2.32. The molecule has 3 nitrogen and oxygen atoms in total. The predicted octanol–water partition coefficient (Wildman–Crippen LogP) is 1.86. The summed E-state index contributed by atoms with van der Waals surface area (Å²) in [6.45, 7) is 4.05. The summed E-state index contributed by atoms with van der Waals surface area (Å²) in [4.78, 5) is 7.98. The summed E-state index contributed by atoms with van der Waals surface area (Å²) in [5.41, 5.74) is 7.53. The van der Waals surface area contributed by atoms with Crippen molar-refractivity contribution in [2.45, 2.75) is 17.8 Å². The molecule has 1 aromatic heterocycles. The molecule has 0 amide bonds. The van der Waals surface area contributed by atoms with Crippen LogP contribution in [-0.4, -0.2) is 9.97 Å². The number of aromatic nitrogens is 2. The normalized spacial score (nSPS) is 13.0. The monoisotopic (exact) mass is 263 g/mol. The van der Waals surface area contributed by atoms with Gasteiger partial charge in [-0.15, -0.1) is 0 Å². The average molecular weight is 263 g/mol. The Morgan fingerprint density at radius 3 is 2.73 bits per heavy atom. The minimum absolute atomic E-state index is 0.350. The van der Waals surface area contributed by atoms with Crippen molar-refractivity contribution in [3.8, 4) is 0 Å². The second kappa shape index (κ2) is 3.34. The number of rotatable bonds is 1. The highest BCUT2D eigenvalue weighted by Gasteiger charge is 2.05. The Balaban J connectivity index is 3.09. The van der Waals surface area contributed by atoms with Gasteiger partial charge < -0.3 is 5.73 Å². The van der Waals surface area contributed by atoms with Crippen molar-refractivity contribution in [2.75, 3.05) is 5.73 Å². The van der Waals surface area contributed by atoms with Crippen molar-refractivity contribution in [1.29, 1.82) is 0 Å². The molecule has 1 aromatic rings. The Morgan fingerprint density at radius 2 is 2.27 bits per heavy atom. The number of alkyl halides is 1. The van der Waals surface area contributed by atoms with Gasteiger partial charge in [0, 0.05) is 21.4 Å². The fraction of sp³-hybridized carbons (Fsp3) is 0.429. The van der Waals surface area contributed by atoms with Gasteiger partial charge in [-0.25, -0.2) is 9.97 Å². The molecule has 0 bridgehead atoms. The van der Waals surface area contributed by atoms with Gasteiger partial charge in [0.15, 0.2) is 0 Å². The summed E-state index contributed by atoms with van der Waals surface area (Å²) in [5, 5.41) is 0. The summed E-state index contributed by atoms with van der Waals surface area (Å²) in [6.07, 6.45) is 1.79. The molecule has 0 fully saturated rings. The van der Waals surface area contributed by atoms with Crippen molar-refractivity contribution in [2.24, 2.45) is 0 Å². The predicted molar refractivity (Wildman–Crippen MR) is 53.6 cm³/mol. The molecule has 4 heteroatoms. The molecule has 0 saturated heterocycles. The Bertz CT molecular complexity index is 260. The molecule has 1 unspecified atom stereocenters. The van der Waals surface area contributed by atoms with Crippen LogP contribution < -0.4 is 5.73 Å². The van der Waals surface area contributed by atoms with Crippen LogP contribution in [-0.2, 0) is 0 Å². The van der Waals surface area contributed by atoms with Gasteiger partial charge in [-0.1, -0.05) is 22.6 Å². The van der Waals surface area contributed by atoms with Crippen molar-refractivity contribution < 1.29 is 0 Å². The van der Waals surface area contributed by atoms with Crippen LogP contribution >= 0.6 is 22.6 Å². The number of aryl methyl sites for hydroxylation is 1. The summed E-state index contributed by atoms with van der Waals surface area (Å²) in [7, 11) is 0. The van der Waals surface area contributed by atoms with E-state index in [1.165, 1.54) is 0 Å². The first-order valence-electron chi connectivity index (χ1n) is 3.34. The third-order valence-electron chi connectivity index (χ3n) is 1.46. The number of hydrogen-bond acceptors (Lipinski definition) is 3. The van der Waals surface area contributed by atoms with Gasteiger partial charge in [0.25, 0.3) is 0 Å². The molecule has 1 heterocycles. The SMILES string of the molecule is Cc1nc(N)ncc1C(C)I. The third-order valence-corrected chi connectivity index (χ3v) is 2.14. The van der Waals surface area contributed by atoms with E-state index in [0.29, 0.717) is 9.87 Å². The van der Waals surface area contributed by atoms with Gasteiger partial charge in [-0.3, -0.25) is 0 Å². The highest BCUT2D eigenvalue weighted by atomic mass is 127. The molecule has 0 aliphatic rings. The molecule has 0 saturated carbocycles. The minimum atomic E-state index is 0.350. The zero-order valence-corrected chi connectivity index (χ0v) is 8.66. The molecular weight excluding hydrogens is 253 g/mol. The van der Waals surface area contributed by atoms with Gasteiger partial charge in [0.2, 0.25) is 5.95 Å². The zero-order valence-electron chi connectivity index (χ0n) is 6.50. The van der Waals surface area contributed by atoms with Crippen LogP contribution in [0.3, 0.4) is 0 Å². The fourth-order valence-corrected chi connectivity index (χ4v) is 1.50. The lowest BCUT2D eigenvalue weighted by atomic mass is 10.2. The first-order chi connectivity index (χ1) is 5.11. The van der Waals surface area contributed by atoms with E-state index < -0.39 is 0 Å². The Hall–Kier alpha value is -0.390. The fourth-order valence-electron chi connectivity index (χ4n) is 0.885. The van der Waals surface area contributed by atoms with Gasteiger partial charge >= 0.3 is 0 Å². The summed E-state index contributed by atoms with van der Waals surface area (Å²) in [5.74, 6) is 0.350. The van der Waals surface area contributed by atoms with E-state index in [0.717, 1.165) is 11.3 Å². The number of halogens is 1. The van der Waals surface area contributed by atoms with Crippen LogP contribution in [0.1, 0.15) is 22.1 Å². The molecule has 60 valence electrons. The highest BCUT2D eigenvalue weighted by molar-refractivity contribution is 14.1. The van der Waals surface area contributed by atoms with Crippen molar-refractivity contribution >= 4 is 28.5 Å².